The maximum atomic E-state index is 3.86. The fourth-order valence-corrected chi connectivity index (χ4v) is 1.20. The van der Waals surface area contributed by atoms with Crippen LogP contribution in [0.1, 0.15) is 5.56 Å². The zero-order chi connectivity index (χ0) is 8.97. The van der Waals surface area contributed by atoms with E-state index in [9.17, 15) is 0 Å². The molecule has 0 nitrogen and oxygen atoms in total. The number of allylic oxidation sites excluding steroid dienone is 2. The van der Waals surface area contributed by atoms with Crippen LogP contribution in [0.4, 0.5) is 0 Å². The summed E-state index contributed by atoms with van der Waals surface area (Å²) in [4.78, 5) is 0. The SMILES string of the molecule is C=CC(=C)Cc1ccc(Br)cc1. The average Bonchev–Trinajstić information content (AvgIpc) is 2.09. The topological polar surface area (TPSA) is 0 Å². The Morgan fingerprint density at radius 1 is 1.33 bits per heavy atom. The van der Waals surface area contributed by atoms with E-state index in [0.29, 0.717) is 0 Å². The Morgan fingerprint density at radius 3 is 2.42 bits per heavy atom. The molecule has 0 saturated carbocycles. The van der Waals surface area contributed by atoms with E-state index in [0.717, 1.165) is 16.5 Å². The van der Waals surface area contributed by atoms with Crippen molar-refractivity contribution in [2.45, 2.75) is 6.42 Å². The van der Waals surface area contributed by atoms with Crippen molar-refractivity contribution >= 4 is 15.9 Å². The van der Waals surface area contributed by atoms with Crippen LogP contribution in [-0.2, 0) is 6.42 Å². The number of halogens is 1. The minimum absolute atomic E-state index is 0.886. The van der Waals surface area contributed by atoms with Gasteiger partial charge in [-0.25, -0.2) is 0 Å². The molecule has 1 aromatic carbocycles. The fraction of sp³-hybridized carbons (Fsp3) is 0.0909. The quantitative estimate of drug-likeness (QED) is 0.685. The highest BCUT2D eigenvalue weighted by Crippen LogP contribution is 2.13. The van der Waals surface area contributed by atoms with Gasteiger partial charge in [0.15, 0.2) is 0 Å². The van der Waals surface area contributed by atoms with Crippen LogP contribution < -0.4 is 0 Å². The van der Waals surface area contributed by atoms with E-state index in [2.05, 4.69) is 41.2 Å². The van der Waals surface area contributed by atoms with E-state index in [4.69, 9.17) is 0 Å². The molecule has 0 amide bonds. The van der Waals surface area contributed by atoms with Crippen LogP contribution in [0.2, 0.25) is 0 Å². The number of rotatable bonds is 3. The van der Waals surface area contributed by atoms with E-state index in [1.807, 2.05) is 12.1 Å². The Kier molecular flexibility index (Phi) is 3.30. The summed E-state index contributed by atoms with van der Waals surface area (Å²) >= 11 is 3.39. The zero-order valence-electron chi connectivity index (χ0n) is 6.89. The van der Waals surface area contributed by atoms with E-state index in [1.165, 1.54) is 5.56 Å². The maximum Gasteiger partial charge on any atom is 0.0175 e. The highest BCUT2D eigenvalue weighted by molar-refractivity contribution is 9.10. The lowest BCUT2D eigenvalue weighted by atomic mass is 10.1. The first-order valence-corrected chi connectivity index (χ1v) is 4.56. The molecule has 0 aliphatic carbocycles. The van der Waals surface area contributed by atoms with Crippen molar-refractivity contribution in [1.29, 1.82) is 0 Å². The molecule has 0 aliphatic rings. The lowest BCUT2D eigenvalue weighted by Gasteiger charge is -2.00. The molecular weight excluding hydrogens is 212 g/mol. The third-order valence-electron chi connectivity index (χ3n) is 1.63. The zero-order valence-corrected chi connectivity index (χ0v) is 8.47. The van der Waals surface area contributed by atoms with E-state index in [-0.39, 0.29) is 0 Å². The molecule has 0 spiro atoms. The first-order chi connectivity index (χ1) is 5.72. The summed E-state index contributed by atoms with van der Waals surface area (Å²) in [6.07, 6.45) is 2.68. The second kappa shape index (κ2) is 4.27. The smallest absolute Gasteiger partial charge is 0.0175 e. The first-order valence-electron chi connectivity index (χ1n) is 3.77. The molecule has 0 aliphatic heterocycles. The van der Waals surface area contributed by atoms with Crippen LogP contribution in [0.3, 0.4) is 0 Å². The van der Waals surface area contributed by atoms with Crippen LogP contribution in [0, 0.1) is 0 Å². The van der Waals surface area contributed by atoms with Crippen molar-refractivity contribution in [2.24, 2.45) is 0 Å². The molecule has 0 atom stereocenters. The third kappa shape index (κ3) is 2.67. The van der Waals surface area contributed by atoms with E-state index >= 15 is 0 Å². The Bertz CT molecular complexity index is 282. The van der Waals surface area contributed by atoms with Gasteiger partial charge >= 0.3 is 0 Å². The fourth-order valence-electron chi connectivity index (χ4n) is 0.937. The lowest BCUT2D eigenvalue weighted by molar-refractivity contribution is 1.21. The molecule has 62 valence electrons. The van der Waals surface area contributed by atoms with Crippen molar-refractivity contribution in [3.63, 3.8) is 0 Å². The van der Waals surface area contributed by atoms with Gasteiger partial charge in [0.1, 0.15) is 0 Å². The van der Waals surface area contributed by atoms with Gasteiger partial charge < -0.3 is 0 Å². The van der Waals surface area contributed by atoms with Crippen molar-refractivity contribution in [3.8, 4) is 0 Å². The molecule has 0 heterocycles. The molecular formula is C11H11Br. The van der Waals surface area contributed by atoms with Gasteiger partial charge in [0.2, 0.25) is 0 Å². The largest absolute Gasteiger partial charge is 0.0988 e. The molecule has 0 N–H and O–H groups in total. The van der Waals surface area contributed by atoms with Crippen LogP contribution in [-0.4, -0.2) is 0 Å². The summed E-state index contributed by atoms with van der Waals surface area (Å²) in [5.41, 5.74) is 2.32. The molecule has 1 rings (SSSR count). The summed E-state index contributed by atoms with van der Waals surface area (Å²) < 4.78 is 1.11. The monoisotopic (exact) mass is 222 g/mol. The number of hydrogen-bond donors (Lipinski definition) is 0. The Labute approximate surface area is 81.7 Å². The summed E-state index contributed by atoms with van der Waals surface area (Å²) in [5, 5.41) is 0. The standard InChI is InChI=1S/C11H11Br/c1-3-9(2)8-10-4-6-11(12)7-5-10/h3-7H,1-2,8H2. The van der Waals surface area contributed by atoms with Crippen molar-refractivity contribution in [3.05, 3.63) is 59.1 Å². The predicted octanol–water partition coefficient (Wildman–Crippen LogP) is 3.73. The first kappa shape index (κ1) is 9.27. The molecule has 0 fully saturated rings. The van der Waals surface area contributed by atoms with Crippen molar-refractivity contribution in [2.75, 3.05) is 0 Å². The van der Waals surface area contributed by atoms with Crippen molar-refractivity contribution < 1.29 is 0 Å². The molecule has 0 saturated heterocycles. The molecule has 0 radical (unpaired) electrons. The van der Waals surface area contributed by atoms with Gasteiger partial charge in [0.25, 0.3) is 0 Å². The normalized spacial score (nSPS) is 9.42. The van der Waals surface area contributed by atoms with Crippen LogP contribution in [0.5, 0.6) is 0 Å². The molecule has 12 heavy (non-hydrogen) atoms. The Morgan fingerprint density at radius 2 is 1.92 bits per heavy atom. The van der Waals surface area contributed by atoms with Crippen LogP contribution >= 0.6 is 15.9 Å². The van der Waals surface area contributed by atoms with E-state index < -0.39 is 0 Å². The third-order valence-corrected chi connectivity index (χ3v) is 2.16. The Balaban J connectivity index is 2.71. The van der Waals surface area contributed by atoms with Crippen LogP contribution in [0.25, 0.3) is 0 Å². The molecule has 0 bridgehead atoms. The molecule has 1 heteroatoms. The second-order valence-corrected chi connectivity index (χ2v) is 3.58. The lowest BCUT2D eigenvalue weighted by Crippen LogP contribution is -1.84. The van der Waals surface area contributed by atoms with Gasteiger partial charge in [-0.3, -0.25) is 0 Å². The van der Waals surface area contributed by atoms with E-state index in [1.54, 1.807) is 6.08 Å². The summed E-state index contributed by atoms with van der Waals surface area (Å²) in [7, 11) is 0. The average molecular weight is 223 g/mol. The highest BCUT2D eigenvalue weighted by atomic mass is 79.9. The minimum atomic E-state index is 0.886. The van der Waals surface area contributed by atoms with Gasteiger partial charge in [-0.2, -0.15) is 0 Å². The minimum Gasteiger partial charge on any atom is -0.0988 e. The maximum absolute atomic E-state index is 3.86. The summed E-state index contributed by atoms with van der Waals surface area (Å²) in [5.74, 6) is 0. The second-order valence-electron chi connectivity index (χ2n) is 2.67. The summed E-state index contributed by atoms with van der Waals surface area (Å²) in [6, 6.07) is 8.23. The summed E-state index contributed by atoms with van der Waals surface area (Å²) in [6.45, 7) is 7.53. The number of hydrogen-bond acceptors (Lipinski definition) is 0. The molecule has 0 unspecified atom stereocenters. The van der Waals surface area contributed by atoms with Crippen molar-refractivity contribution in [1.82, 2.24) is 0 Å². The van der Waals surface area contributed by atoms with Gasteiger partial charge in [-0.05, 0) is 24.1 Å². The molecule has 1 aromatic rings. The number of benzene rings is 1. The van der Waals surface area contributed by atoms with Gasteiger partial charge in [-0.15, -0.1) is 0 Å². The van der Waals surface area contributed by atoms with Gasteiger partial charge in [0.05, 0.1) is 0 Å². The van der Waals surface area contributed by atoms with Gasteiger partial charge in [0, 0.05) is 4.47 Å². The Hall–Kier alpha value is -0.820. The van der Waals surface area contributed by atoms with Gasteiger partial charge in [-0.1, -0.05) is 52.9 Å². The highest BCUT2D eigenvalue weighted by Gasteiger charge is 1.93. The van der Waals surface area contributed by atoms with Crippen LogP contribution in [0.15, 0.2) is 53.5 Å². The molecule has 0 aromatic heterocycles. The predicted molar refractivity (Wildman–Crippen MR) is 57.2 cm³/mol.